The molecule has 1 unspecified atom stereocenters. The number of aromatic nitrogens is 3. The summed E-state index contributed by atoms with van der Waals surface area (Å²) < 4.78 is 14.1. The van der Waals surface area contributed by atoms with Crippen molar-refractivity contribution in [2.24, 2.45) is 13.0 Å². The van der Waals surface area contributed by atoms with E-state index in [4.69, 9.17) is 9.47 Å². The predicted molar refractivity (Wildman–Crippen MR) is 103 cm³/mol. The molecule has 6 heteroatoms. The van der Waals surface area contributed by atoms with Crippen LogP contribution in [0.25, 0.3) is 0 Å². The van der Waals surface area contributed by atoms with Crippen molar-refractivity contribution in [3.63, 3.8) is 0 Å². The Kier molecular flexibility index (Phi) is 5.86. The van der Waals surface area contributed by atoms with Gasteiger partial charge in [0.25, 0.3) is 0 Å². The van der Waals surface area contributed by atoms with Gasteiger partial charge in [-0.3, -0.25) is 14.6 Å². The molecule has 2 aromatic rings. The fraction of sp³-hybridized carbons (Fsp3) is 0.619. The fourth-order valence-corrected chi connectivity index (χ4v) is 4.55. The second kappa shape index (κ2) is 8.50. The van der Waals surface area contributed by atoms with Gasteiger partial charge >= 0.3 is 0 Å². The van der Waals surface area contributed by atoms with Gasteiger partial charge in [-0.05, 0) is 43.2 Å². The number of likely N-dealkylation sites (tertiary alicyclic amines) is 1. The number of hydrogen-bond acceptors (Lipinski definition) is 5. The minimum Gasteiger partial charge on any atom is -0.377 e. The van der Waals surface area contributed by atoms with Crippen LogP contribution >= 0.6 is 0 Å². The van der Waals surface area contributed by atoms with Crippen molar-refractivity contribution >= 4 is 0 Å². The van der Waals surface area contributed by atoms with Gasteiger partial charge in [-0.2, -0.15) is 5.10 Å². The van der Waals surface area contributed by atoms with Crippen LogP contribution in [0.3, 0.4) is 0 Å². The van der Waals surface area contributed by atoms with Crippen molar-refractivity contribution < 1.29 is 9.47 Å². The second-order valence-corrected chi connectivity index (χ2v) is 7.90. The number of rotatable bonds is 7. The van der Waals surface area contributed by atoms with E-state index in [9.17, 15) is 0 Å². The predicted octanol–water partition coefficient (Wildman–Crippen LogP) is 2.79. The third kappa shape index (κ3) is 4.57. The monoisotopic (exact) mass is 370 g/mol. The molecule has 0 amide bonds. The summed E-state index contributed by atoms with van der Waals surface area (Å²) in [6.45, 7) is 5.53. The lowest BCUT2D eigenvalue weighted by atomic mass is 9.78. The normalized spacial score (nSPS) is 22.5. The summed E-state index contributed by atoms with van der Waals surface area (Å²) in [6, 6.07) is 4.02. The SMILES string of the molecule is Cn1cc(CN2CCC3(CC2)OCCC3CCOCc2cccnc2)cn1. The van der Waals surface area contributed by atoms with Crippen molar-refractivity contribution in [3.05, 3.63) is 48.0 Å². The molecule has 2 aliphatic rings. The Hall–Kier alpha value is -1.76. The zero-order chi connectivity index (χ0) is 18.5. The van der Waals surface area contributed by atoms with Gasteiger partial charge in [0.1, 0.15) is 0 Å². The molecule has 2 fully saturated rings. The standard InChI is InChI=1S/C21H30N4O2/c1-24-15-19(14-23-24)16-25-9-6-21(7-10-25)20(5-12-27-21)4-11-26-17-18-3-2-8-22-13-18/h2-3,8,13-15,20H,4-7,9-12,16-17H2,1H3. The second-order valence-electron chi connectivity index (χ2n) is 7.90. The number of piperidine rings is 1. The first-order chi connectivity index (χ1) is 13.2. The molecule has 1 spiro atoms. The first kappa shape index (κ1) is 18.6. The van der Waals surface area contributed by atoms with E-state index in [1.54, 1.807) is 6.20 Å². The Morgan fingerprint density at radius 3 is 2.89 bits per heavy atom. The number of ether oxygens (including phenoxy) is 2. The van der Waals surface area contributed by atoms with Crippen molar-refractivity contribution in [3.8, 4) is 0 Å². The van der Waals surface area contributed by atoms with Gasteiger partial charge in [0.15, 0.2) is 0 Å². The lowest BCUT2D eigenvalue weighted by Crippen LogP contribution is -2.47. The Balaban J connectivity index is 1.23. The molecule has 0 aliphatic carbocycles. The summed E-state index contributed by atoms with van der Waals surface area (Å²) in [5.41, 5.74) is 2.50. The number of nitrogens with zero attached hydrogens (tertiary/aromatic N) is 4. The van der Waals surface area contributed by atoms with Crippen LogP contribution in [0.5, 0.6) is 0 Å². The molecule has 0 radical (unpaired) electrons. The maximum absolute atomic E-state index is 6.30. The van der Waals surface area contributed by atoms with Crippen LogP contribution in [-0.2, 0) is 29.7 Å². The smallest absolute Gasteiger partial charge is 0.0736 e. The Bertz CT molecular complexity index is 710. The first-order valence-corrected chi connectivity index (χ1v) is 10.0. The Morgan fingerprint density at radius 1 is 1.26 bits per heavy atom. The zero-order valence-electron chi connectivity index (χ0n) is 16.2. The van der Waals surface area contributed by atoms with Gasteiger partial charge in [-0.25, -0.2) is 0 Å². The lowest BCUT2D eigenvalue weighted by Gasteiger charge is -2.42. The molecule has 2 aliphatic heterocycles. The fourth-order valence-electron chi connectivity index (χ4n) is 4.55. The van der Waals surface area contributed by atoms with Crippen molar-refractivity contribution in [2.75, 3.05) is 26.3 Å². The Morgan fingerprint density at radius 2 is 2.15 bits per heavy atom. The van der Waals surface area contributed by atoms with Gasteiger partial charge in [0.05, 0.1) is 18.4 Å². The first-order valence-electron chi connectivity index (χ1n) is 10.0. The van der Waals surface area contributed by atoms with Gasteiger partial charge < -0.3 is 9.47 Å². The van der Waals surface area contributed by atoms with Gasteiger partial charge in [-0.15, -0.1) is 0 Å². The Labute approximate surface area is 161 Å². The highest BCUT2D eigenvalue weighted by Crippen LogP contribution is 2.42. The van der Waals surface area contributed by atoms with E-state index in [2.05, 4.69) is 27.2 Å². The molecular weight excluding hydrogens is 340 g/mol. The third-order valence-corrected chi connectivity index (χ3v) is 6.07. The highest BCUT2D eigenvalue weighted by molar-refractivity contribution is 5.07. The molecule has 4 heterocycles. The number of hydrogen-bond donors (Lipinski definition) is 0. The third-order valence-electron chi connectivity index (χ3n) is 6.07. The molecule has 2 aromatic heterocycles. The molecule has 146 valence electrons. The van der Waals surface area contributed by atoms with Crippen LogP contribution in [-0.4, -0.2) is 51.6 Å². The van der Waals surface area contributed by atoms with Gasteiger partial charge in [0, 0.05) is 64.0 Å². The largest absolute Gasteiger partial charge is 0.377 e. The maximum Gasteiger partial charge on any atom is 0.0736 e. The minimum atomic E-state index is 0.0725. The zero-order valence-corrected chi connectivity index (χ0v) is 16.2. The molecule has 27 heavy (non-hydrogen) atoms. The number of pyridine rings is 1. The summed E-state index contributed by atoms with van der Waals surface area (Å²) in [7, 11) is 1.97. The van der Waals surface area contributed by atoms with Crippen LogP contribution in [0.1, 0.15) is 36.8 Å². The summed E-state index contributed by atoms with van der Waals surface area (Å²) in [5, 5.41) is 4.28. The molecular formula is C21H30N4O2. The van der Waals surface area contributed by atoms with E-state index in [1.807, 2.05) is 30.2 Å². The molecule has 0 bridgehead atoms. The van der Waals surface area contributed by atoms with Crippen LogP contribution in [0.15, 0.2) is 36.9 Å². The molecule has 2 saturated heterocycles. The lowest BCUT2D eigenvalue weighted by molar-refractivity contribution is -0.0733. The summed E-state index contributed by atoms with van der Waals surface area (Å²) in [5.74, 6) is 0.618. The highest BCUT2D eigenvalue weighted by atomic mass is 16.5. The van der Waals surface area contributed by atoms with E-state index >= 15 is 0 Å². The van der Waals surface area contributed by atoms with E-state index < -0.39 is 0 Å². The van der Waals surface area contributed by atoms with Crippen LogP contribution in [0.2, 0.25) is 0 Å². The van der Waals surface area contributed by atoms with Crippen molar-refractivity contribution in [1.82, 2.24) is 19.7 Å². The van der Waals surface area contributed by atoms with E-state index in [-0.39, 0.29) is 5.60 Å². The van der Waals surface area contributed by atoms with Gasteiger partial charge in [-0.1, -0.05) is 6.07 Å². The van der Waals surface area contributed by atoms with E-state index in [1.165, 1.54) is 12.0 Å². The molecule has 6 nitrogen and oxygen atoms in total. The average Bonchev–Trinajstić information content (AvgIpc) is 3.28. The summed E-state index contributed by atoms with van der Waals surface area (Å²) >= 11 is 0. The van der Waals surface area contributed by atoms with Crippen LogP contribution in [0, 0.1) is 5.92 Å². The molecule has 4 rings (SSSR count). The molecule has 0 saturated carbocycles. The van der Waals surface area contributed by atoms with Crippen molar-refractivity contribution in [2.45, 2.75) is 44.4 Å². The molecule has 0 aromatic carbocycles. The van der Waals surface area contributed by atoms with Crippen molar-refractivity contribution in [1.29, 1.82) is 0 Å². The summed E-state index contributed by atoms with van der Waals surface area (Å²) in [6.07, 6.45) is 12.3. The topological polar surface area (TPSA) is 52.4 Å². The molecule has 1 atom stereocenters. The van der Waals surface area contributed by atoms with Gasteiger partial charge in [0.2, 0.25) is 0 Å². The average molecular weight is 370 g/mol. The quantitative estimate of drug-likeness (QED) is 0.702. The maximum atomic E-state index is 6.30. The van der Waals surface area contributed by atoms with E-state index in [0.717, 1.165) is 57.7 Å². The highest BCUT2D eigenvalue weighted by Gasteiger charge is 2.45. The van der Waals surface area contributed by atoms with Crippen LogP contribution < -0.4 is 0 Å². The summed E-state index contributed by atoms with van der Waals surface area (Å²) in [4.78, 5) is 6.67. The molecule has 0 N–H and O–H groups in total. The number of aryl methyl sites for hydroxylation is 1. The van der Waals surface area contributed by atoms with E-state index in [0.29, 0.717) is 12.5 Å². The van der Waals surface area contributed by atoms with Crippen LogP contribution in [0.4, 0.5) is 0 Å². The minimum absolute atomic E-state index is 0.0725.